The van der Waals surface area contributed by atoms with Crippen LogP contribution in [-0.4, -0.2) is 13.1 Å². The lowest BCUT2D eigenvalue weighted by Gasteiger charge is -2.31. The van der Waals surface area contributed by atoms with E-state index in [-0.39, 0.29) is 6.04 Å². The third kappa shape index (κ3) is 4.46. The van der Waals surface area contributed by atoms with Gasteiger partial charge in [-0.3, -0.25) is 0 Å². The van der Waals surface area contributed by atoms with E-state index >= 15 is 0 Å². The summed E-state index contributed by atoms with van der Waals surface area (Å²) < 4.78 is 5.71. The lowest BCUT2D eigenvalue weighted by Crippen LogP contribution is -2.38. The minimum Gasteiger partial charge on any atom is -0.497 e. The van der Waals surface area contributed by atoms with E-state index in [4.69, 9.17) is 4.74 Å². The number of hydrogen-bond acceptors (Lipinski definition) is 3. The molecule has 0 N–H and O–H groups in total. The van der Waals surface area contributed by atoms with E-state index < -0.39 is 0 Å². The highest BCUT2D eigenvalue weighted by Crippen LogP contribution is 2.37. The number of nitrogens with zero attached hydrogens (tertiary/aromatic N) is 2. The molecular weight excluding hydrogens is 320 g/mol. The first-order valence-electron chi connectivity index (χ1n) is 9.29. The van der Waals surface area contributed by atoms with Crippen LogP contribution in [0.25, 0.3) is 0 Å². The Morgan fingerprint density at radius 1 is 1.12 bits per heavy atom. The van der Waals surface area contributed by atoms with Crippen LogP contribution in [0.1, 0.15) is 24.8 Å². The first-order valence-corrected chi connectivity index (χ1v) is 9.29. The topological polar surface area (TPSA) is 36.3 Å². The molecule has 3 atom stereocenters. The summed E-state index contributed by atoms with van der Waals surface area (Å²) in [4.78, 5) is 2.11. The Bertz CT molecular complexity index is 736. The average molecular weight is 346 g/mol. The molecule has 0 unspecified atom stereocenters. The summed E-state index contributed by atoms with van der Waals surface area (Å²) in [6.07, 6.45) is 7.36. The predicted molar refractivity (Wildman–Crippen MR) is 105 cm³/mol. The zero-order valence-electron chi connectivity index (χ0n) is 15.3. The molecule has 3 heteroatoms. The molecule has 0 spiro atoms. The SMILES string of the molecule is CN(c1ccccc1)[C@H](C#N)[C@@H]1CCC[C@H]1/C=C\OCc1ccccc1. The molecule has 3 nitrogen and oxygen atoms in total. The second kappa shape index (κ2) is 9.10. The number of hydrogen-bond donors (Lipinski definition) is 0. The average Bonchev–Trinajstić information content (AvgIpc) is 3.15. The number of benzene rings is 2. The zero-order valence-corrected chi connectivity index (χ0v) is 15.3. The monoisotopic (exact) mass is 346 g/mol. The summed E-state index contributed by atoms with van der Waals surface area (Å²) in [5, 5.41) is 9.81. The highest BCUT2D eigenvalue weighted by molar-refractivity contribution is 5.48. The quantitative estimate of drug-likeness (QED) is 0.650. The number of para-hydroxylation sites is 1. The van der Waals surface area contributed by atoms with Crippen molar-refractivity contribution in [2.24, 2.45) is 11.8 Å². The largest absolute Gasteiger partial charge is 0.497 e. The molecule has 3 rings (SSSR count). The van der Waals surface area contributed by atoms with Gasteiger partial charge < -0.3 is 9.64 Å². The third-order valence-electron chi connectivity index (χ3n) is 5.26. The smallest absolute Gasteiger partial charge is 0.120 e. The molecule has 134 valence electrons. The highest BCUT2D eigenvalue weighted by atomic mass is 16.5. The molecule has 2 aromatic carbocycles. The van der Waals surface area contributed by atoms with Crippen LogP contribution in [0.15, 0.2) is 73.0 Å². The van der Waals surface area contributed by atoms with Gasteiger partial charge in [0.25, 0.3) is 0 Å². The normalized spacial score (nSPS) is 20.6. The molecule has 1 saturated carbocycles. The Morgan fingerprint density at radius 2 is 1.81 bits per heavy atom. The minimum atomic E-state index is -0.122. The van der Waals surface area contributed by atoms with Crippen LogP contribution >= 0.6 is 0 Å². The summed E-state index contributed by atoms with van der Waals surface area (Å²) >= 11 is 0. The predicted octanol–water partition coefficient (Wildman–Crippen LogP) is 5.16. The van der Waals surface area contributed by atoms with Crippen LogP contribution in [0.4, 0.5) is 5.69 Å². The van der Waals surface area contributed by atoms with Crippen molar-refractivity contribution in [1.82, 2.24) is 0 Å². The van der Waals surface area contributed by atoms with Gasteiger partial charge in [-0.05, 0) is 48.4 Å². The van der Waals surface area contributed by atoms with E-state index in [9.17, 15) is 5.26 Å². The maximum Gasteiger partial charge on any atom is 0.120 e. The summed E-state index contributed by atoms with van der Waals surface area (Å²) in [6, 6.07) is 22.8. The van der Waals surface area contributed by atoms with E-state index in [1.165, 1.54) is 12.0 Å². The Labute approximate surface area is 156 Å². The summed E-state index contributed by atoms with van der Waals surface area (Å²) in [7, 11) is 2.02. The Kier molecular flexibility index (Phi) is 6.33. The molecule has 0 heterocycles. The molecule has 1 aliphatic carbocycles. The maximum absolute atomic E-state index is 9.81. The van der Waals surface area contributed by atoms with Gasteiger partial charge in [0.15, 0.2) is 0 Å². The van der Waals surface area contributed by atoms with E-state index in [0.29, 0.717) is 18.4 Å². The molecule has 0 aliphatic heterocycles. The van der Waals surface area contributed by atoms with Gasteiger partial charge in [-0.1, -0.05) is 55.0 Å². The van der Waals surface area contributed by atoms with Crippen LogP contribution in [0.5, 0.6) is 0 Å². The van der Waals surface area contributed by atoms with Crippen molar-refractivity contribution >= 4 is 5.69 Å². The van der Waals surface area contributed by atoms with Crippen LogP contribution in [0.2, 0.25) is 0 Å². The van der Waals surface area contributed by atoms with Crippen molar-refractivity contribution < 1.29 is 4.74 Å². The van der Waals surface area contributed by atoms with E-state index in [1.54, 1.807) is 0 Å². The molecule has 1 fully saturated rings. The van der Waals surface area contributed by atoms with E-state index in [1.807, 2.05) is 49.7 Å². The fraction of sp³-hybridized carbons (Fsp3) is 0.348. The van der Waals surface area contributed by atoms with E-state index in [0.717, 1.165) is 18.5 Å². The maximum atomic E-state index is 9.81. The molecule has 0 saturated heterocycles. The van der Waals surface area contributed by atoms with Crippen molar-refractivity contribution in [3.8, 4) is 6.07 Å². The van der Waals surface area contributed by atoms with Crippen LogP contribution < -0.4 is 4.90 Å². The standard InChI is InChI=1S/C23H26N2O/c1-25(21-12-6-3-7-13-21)23(17-24)22-14-8-11-20(22)15-16-26-18-19-9-4-2-5-10-19/h2-7,9-10,12-13,15-16,20,22-23H,8,11,14,18H2,1H3/b16-15-/t20-,22+,23+/m0/s1. The number of anilines is 1. The zero-order chi connectivity index (χ0) is 18.2. The second-order valence-electron chi connectivity index (χ2n) is 6.90. The lowest BCUT2D eigenvalue weighted by molar-refractivity contribution is 0.232. The number of ether oxygens (including phenoxy) is 1. The van der Waals surface area contributed by atoms with E-state index in [2.05, 4.69) is 41.3 Å². The van der Waals surface area contributed by atoms with Crippen LogP contribution in [0.3, 0.4) is 0 Å². The fourth-order valence-electron chi connectivity index (χ4n) is 3.82. The van der Waals surface area contributed by atoms with Gasteiger partial charge in [0.1, 0.15) is 12.6 Å². The fourth-order valence-corrected chi connectivity index (χ4v) is 3.82. The molecule has 2 aromatic rings. The molecule has 0 aromatic heterocycles. The van der Waals surface area contributed by atoms with Gasteiger partial charge in [0.05, 0.1) is 12.3 Å². The van der Waals surface area contributed by atoms with Gasteiger partial charge in [0, 0.05) is 12.7 Å². The molecular formula is C23H26N2O. The number of nitriles is 1. The van der Waals surface area contributed by atoms with Gasteiger partial charge in [-0.15, -0.1) is 0 Å². The van der Waals surface area contributed by atoms with Crippen molar-refractivity contribution in [1.29, 1.82) is 5.26 Å². The van der Waals surface area contributed by atoms with Gasteiger partial charge >= 0.3 is 0 Å². The van der Waals surface area contributed by atoms with Crippen LogP contribution in [-0.2, 0) is 11.3 Å². The summed E-state index contributed by atoms with van der Waals surface area (Å²) in [6.45, 7) is 0.584. The Hall–Kier alpha value is -2.73. The molecule has 1 aliphatic rings. The van der Waals surface area contributed by atoms with Crippen LogP contribution in [0, 0.1) is 23.2 Å². The third-order valence-corrected chi connectivity index (χ3v) is 5.26. The first-order chi connectivity index (χ1) is 12.8. The number of allylic oxidation sites excluding steroid dienone is 1. The number of rotatable bonds is 7. The van der Waals surface area contributed by atoms with Crippen molar-refractivity contribution in [3.63, 3.8) is 0 Å². The summed E-state index contributed by atoms with van der Waals surface area (Å²) in [5.41, 5.74) is 2.26. The molecule has 0 bridgehead atoms. The molecule has 26 heavy (non-hydrogen) atoms. The molecule has 0 radical (unpaired) electrons. The lowest BCUT2D eigenvalue weighted by atomic mass is 9.88. The first kappa shape index (κ1) is 18.1. The Balaban J connectivity index is 1.61. The van der Waals surface area contributed by atoms with Crippen molar-refractivity contribution in [2.75, 3.05) is 11.9 Å². The van der Waals surface area contributed by atoms with Gasteiger partial charge in [0.2, 0.25) is 0 Å². The Morgan fingerprint density at radius 3 is 2.50 bits per heavy atom. The summed E-state index contributed by atoms with van der Waals surface area (Å²) in [5.74, 6) is 0.725. The van der Waals surface area contributed by atoms with Gasteiger partial charge in [-0.2, -0.15) is 5.26 Å². The van der Waals surface area contributed by atoms with Crippen molar-refractivity contribution in [3.05, 3.63) is 78.6 Å². The second-order valence-corrected chi connectivity index (χ2v) is 6.90. The van der Waals surface area contributed by atoms with Gasteiger partial charge in [-0.25, -0.2) is 0 Å². The minimum absolute atomic E-state index is 0.122. The van der Waals surface area contributed by atoms with Crippen molar-refractivity contribution in [2.45, 2.75) is 31.9 Å². The highest BCUT2D eigenvalue weighted by Gasteiger charge is 2.34. The molecule has 0 amide bonds.